The van der Waals surface area contributed by atoms with Crippen LogP contribution in [0.1, 0.15) is 0 Å². The summed E-state index contributed by atoms with van der Waals surface area (Å²) in [5.74, 6) is 2.01. The first kappa shape index (κ1) is 20.9. The number of rotatable bonds is 4. The summed E-state index contributed by atoms with van der Waals surface area (Å²) >= 11 is -3.21. The van der Waals surface area contributed by atoms with Crippen LogP contribution < -0.4 is 28.4 Å². The Morgan fingerprint density at radius 2 is 0.903 bits per heavy atom. The third-order valence-corrected chi connectivity index (χ3v) is 19.8. The standard InChI is InChI=1S/C26H30GeO2Si2/c1-30(2,3)23-17-21-25(28-23)26-22(18-24(29-26)31(4,5)6)27(21,19-13-9-7-10-14-19)20-15-11-8-12-16-20/h7-18H,1-6H3. The molecule has 1 aliphatic heterocycles. The number of hydrogen-bond acceptors (Lipinski definition) is 2. The average molecular weight is 503 g/mol. The van der Waals surface area contributed by atoms with E-state index >= 15 is 0 Å². The zero-order chi connectivity index (χ0) is 22.0. The molecule has 0 N–H and O–H groups in total. The molecule has 0 atom stereocenters. The van der Waals surface area contributed by atoms with E-state index in [1.165, 1.54) is 28.4 Å². The van der Waals surface area contributed by atoms with Gasteiger partial charge < -0.3 is 0 Å². The van der Waals surface area contributed by atoms with Crippen LogP contribution in [0.3, 0.4) is 0 Å². The van der Waals surface area contributed by atoms with Gasteiger partial charge in [0, 0.05) is 0 Å². The third-order valence-electron chi connectivity index (χ3n) is 6.37. The van der Waals surface area contributed by atoms with E-state index in [1.807, 2.05) is 0 Å². The van der Waals surface area contributed by atoms with E-state index in [9.17, 15) is 0 Å². The molecule has 0 saturated carbocycles. The summed E-state index contributed by atoms with van der Waals surface area (Å²) in [6, 6.07) is 27.1. The van der Waals surface area contributed by atoms with E-state index in [1.54, 1.807) is 0 Å². The molecule has 0 aliphatic carbocycles. The second-order valence-electron chi connectivity index (χ2n) is 10.7. The first-order valence-corrected chi connectivity index (χ1v) is 22.2. The van der Waals surface area contributed by atoms with Crippen molar-refractivity contribution in [3.8, 4) is 11.5 Å². The van der Waals surface area contributed by atoms with Gasteiger partial charge in [-0.2, -0.15) is 0 Å². The molecule has 1 aliphatic rings. The van der Waals surface area contributed by atoms with Gasteiger partial charge in [-0.1, -0.05) is 0 Å². The zero-order valence-electron chi connectivity index (χ0n) is 19.2. The van der Waals surface area contributed by atoms with Crippen molar-refractivity contribution >= 4 is 57.8 Å². The van der Waals surface area contributed by atoms with Gasteiger partial charge in [0.25, 0.3) is 0 Å². The van der Waals surface area contributed by atoms with Crippen LogP contribution >= 0.6 is 0 Å². The molecule has 0 bridgehead atoms. The molecule has 0 unspecified atom stereocenters. The molecule has 158 valence electrons. The fraction of sp³-hybridized carbons (Fsp3) is 0.231. The van der Waals surface area contributed by atoms with E-state index in [0.29, 0.717) is 0 Å². The maximum atomic E-state index is 6.67. The summed E-state index contributed by atoms with van der Waals surface area (Å²) in [4.78, 5) is 0. The Kier molecular flexibility index (Phi) is 4.70. The van der Waals surface area contributed by atoms with Crippen molar-refractivity contribution in [1.82, 2.24) is 0 Å². The van der Waals surface area contributed by atoms with Crippen LogP contribution in [0.5, 0.6) is 0 Å². The Morgan fingerprint density at radius 3 is 1.23 bits per heavy atom. The molecule has 2 nitrogen and oxygen atoms in total. The van der Waals surface area contributed by atoms with Gasteiger partial charge in [0.1, 0.15) is 0 Å². The van der Waals surface area contributed by atoms with Crippen molar-refractivity contribution in [3.63, 3.8) is 0 Å². The molecule has 0 spiro atoms. The van der Waals surface area contributed by atoms with Crippen LogP contribution in [0.15, 0.2) is 81.6 Å². The van der Waals surface area contributed by atoms with Crippen molar-refractivity contribution < 1.29 is 8.83 Å². The van der Waals surface area contributed by atoms with Crippen LogP contribution in [-0.4, -0.2) is 29.4 Å². The van der Waals surface area contributed by atoms with Gasteiger partial charge in [0.2, 0.25) is 0 Å². The van der Waals surface area contributed by atoms with E-state index in [4.69, 9.17) is 8.83 Å². The predicted octanol–water partition coefficient (Wildman–Crippen LogP) is 3.32. The SMILES string of the molecule is C[Si](C)(C)c1c[c]2c(o1)-c1oc([Si](C)(C)C)c[c]1[Ge]2([c]1ccccc1)[c]1ccccc1. The van der Waals surface area contributed by atoms with Gasteiger partial charge in [-0.05, 0) is 0 Å². The van der Waals surface area contributed by atoms with Gasteiger partial charge in [-0.25, -0.2) is 0 Å². The van der Waals surface area contributed by atoms with Crippen LogP contribution in [0.2, 0.25) is 39.3 Å². The molecule has 0 fully saturated rings. The summed E-state index contributed by atoms with van der Waals surface area (Å²) in [7, 11) is -3.22. The first-order valence-electron chi connectivity index (χ1n) is 11.0. The molecule has 2 aromatic heterocycles. The topological polar surface area (TPSA) is 26.3 Å². The van der Waals surface area contributed by atoms with E-state index in [2.05, 4.69) is 112 Å². The summed E-state index contributed by atoms with van der Waals surface area (Å²) in [6.07, 6.45) is 0. The Bertz CT molecular complexity index is 1140. The molecule has 3 heterocycles. The van der Waals surface area contributed by atoms with Crippen molar-refractivity contribution in [2.75, 3.05) is 0 Å². The minimum atomic E-state index is -3.21. The fourth-order valence-corrected chi connectivity index (χ4v) is 17.7. The molecular formula is C26H30GeO2Si2. The number of hydrogen-bond donors (Lipinski definition) is 0. The van der Waals surface area contributed by atoms with Crippen LogP contribution in [0.4, 0.5) is 0 Å². The monoisotopic (exact) mass is 504 g/mol. The van der Waals surface area contributed by atoms with Crippen molar-refractivity contribution in [2.45, 2.75) is 39.3 Å². The number of furan rings is 2. The van der Waals surface area contributed by atoms with Crippen LogP contribution in [0.25, 0.3) is 11.5 Å². The van der Waals surface area contributed by atoms with Gasteiger partial charge in [-0.15, -0.1) is 0 Å². The molecule has 5 rings (SSSR count). The summed E-state index contributed by atoms with van der Waals surface area (Å²) < 4.78 is 19.0. The van der Waals surface area contributed by atoms with Gasteiger partial charge in [0.05, 0.1) is 0 Å². The van der Waals surface area contributed by atoms with Gasteiger partial charge >= 0.3 is 190 Å². The minimum absolute atomic E-state index is 1.00. The molecule has 2 aromatic carbocycles. The summed E-state index contributed by atoms with van der Waals surface area (Å²) in [5.41, 5.74) is 0. The second-order valence-corrected chi connectivity index (χ2v) is 28.5. The fourth-order valence-electron chi connectivity index (χ4n) is 4.73. The summed E-state index contributed by atoms with van der Waals surface area (Å²) in [6.45, 7) is 14.2. The van der Waals surface area contributed by atoms with Crippen molar-refractivity contribution in [2.24, 2.45) is 0 Å². The molecule has 0 amide bonds. The van der Waals surface area contributed by atoms with Crippen LogP contribution in [-0.2, 0) is 0 Å². The zero-order valence-corrected chi connectivity index (χ0v) is 23.3. The molecule has 0 radical (unpaired) electrons. The number of fused-ring (bicyclic) bond motifs is 3. The molecule has 4 aromatic rings. The molecule has 0 saturated heterocycles. The van der Waals surface area contributed by atoms with Gasteiger partial charge in [0.15, 0.2) is 0 Å². The normalized spacial score (nSPS) is 15.0. The maximum absolute atomic E-state index is 6.67. The quantitative estimate of drug-likeness (QED) is 0.352. The van der Waals surface area contributed by atoms with E-state index in [0.717, 1.165) is 11.5 Å². The van der Waals surface area contributed by atoms with E-state index < -0.39 is 29.4 Å². The Balaban J connectivity index is 1.93. The Hall–Kier alpha value is -2.02. The molecular weight excluding hydrogens is 473 g/mol. The third kappa shape index (κ3) is 3.10. The molecule has 31 heavy (non-hydrogen) atoms. The van der Waals surface area contributed by atoms with Gasteiger partial charge in [-0.3, -0.25) is 0 Å². The predicted molar refractivity (Wildman–Crippen MR) is 140 cm³/mol. The average Bonchev–Trinajstić information content (AvgIpc) is 3.39. The summed E-state index contributed by atoms with van der Waals surface area (Å²) in [5, 5.41) is 2.35. The van der Waals surface area contributed by atoms with E-state index in [-0.39, 0.29) is 0 Å². The van der Waals surface area contributed by atoms with Crippen molar-refractivity contribution in [3.05, 3.63) is 72.8 Å². The molecule has 5 heteroatoms. The first-order chi connectivity index (χ1) is 14.6. The Labute approximate surface area is 189 Å². The number of benzene rings is 2. The van der Waals surface area contributed by atoms with Crippen molar-refractivity contribution in [1.29, 1.82) is 0 Å². The second kappa shape index (κ2) is 6.99. The van der Waals surface area contributed by atoms with Crippen LogP contribution in [0, 0.1) is 0 Å². The Morgan fingerprint density at radius 1 is 0.548 bits per heavy atom.